The number of rotatable bonds is 5. The van der Waals surface area contributed by atoms with Gasteiger partial charge in [0.2, 0.25) is 0 Å². The zero-order valence-corrected chi connectivity index (χ0v) is 17.4. The van der Waals surface area contributed by atoms with Gasteiger partial charge in [0, 0.05) is 10.9 Å². The Labute approximate surface area is 186 Å². The number of aliphatic hydroxyl groups is 1. The molecule has 0 saturated carbocycles. The predicted molar refractivity (Wildman–Crippen MR) is 128 cm³/mol. The van der Waals surface area contributed by atoms with Crippen molar-refractivity contribution in [3.05, 3.63) is 114 Å². The van der Waals surface area contributed by atoms with Crippen LogP contribution in [0.4, 0.5) is 0 Å². The summed E-state index contributed by atoms with van der Waals surface area (Å²) in [6, 6.07) is 33.0. The molecule has 0 bridgehead atoms. The van der Waals surface area contributed by atoms with Crippen molar-refractivity contribution in [1.29, 1.82) is 0 Å². The SMILES string of the molecule is O=C(N[C@H](CO)c1ccccc1)c1cc2ccccc2c(-c2cccc3ccccc23)n1. The first-order valence-electron chi connectivity index (χ1n) is 10.6. The number of benzene rings is 4. The van der Waals surface area contributed by atoms with E-state index in [1.807, 2.05) is 78.9 Å². The lowest BCUT2D eigenvalue weighted by Gasteiger charge is -2.17. The molecule has 32 heavy (non-hydrogen) atoms. The third-order valence-corrected chi connectivity index (χ3v) is 5.71. The second-order valence-electron chi connectivity index (χ2n) is 7.72. The minimum Gasteiger partial charge on any atom is -0.394 e. The highest BCUT2D eigenvalue weighted by atomic mass is 16.3. The first-order valence-corrected chi connectivity index (χ1v) is 10.6. The Bertz CT molecular complexity index is 1410. The molecule has 156 valence electrons. The van der Waals surface area contributed by atoms with Crippen molar-refractivity contribution < 1.29 is 9.90 Å². The van der Waals surface area contributed by atoms with Crippen LogP contribution in [0.15, 0.2) is 103 Å². The van der Waals surface area contributed by atoms with Crippen molar-refractivity contribution in [2.75, 3.05) is 6.61 Å². The van der Waals surface area contributed by atoms with Crippen molar-refractivity contribution in [2.24, 2.45) is 0 Å². The molecular weight excluding hydrogens is 396 g/mol. The van der Waals surface area contributed by atoms with Crippen molar-refractivity contribution in [3.63, 3.8) is 0 Å². The molecule has 0 saturated heterocycles. The average Bonchev–Trinajstić information content (AvgIpc) is 2.86. The molecule has 1 aromatic heterocycles. The monoisotopic (exact) mass is 418 g/mol. The van der Waals surface area contributed by atoms with Crippen molar-refractivity contribution in [1.82, 2.24) is 10.3 Å². The molecular formula is C28H22N2O2. The van der Waals surface area contributed by atoms with Crippen LogP contribution in [-0.4, -0.2) is 22.6 Å². The molecule has 1 atom stereocenters. The van der Waals surface area contributed by atoms with E-state index in [1.165, 1.54) is 0 Å². The van der Waals surface area contributed by atoms with Gasteiger partial charge in [0.25, 0.3) is 5.91 Å². The molecule has 2 N–H and O–H groups in total. The molecule has 4 aromatic carbocycles. The lowest BCUT2D eigenvalue weighted by atomic mass is 9.97. The van der Waals surface area contributed by atoms with Gasteiger partial charge < -0.3 is 10.4 Å². The number of carbonyl (C=O) groups excluding carboxylic acids is 1. The number of amides is 1. The smallest absolute Gasteiger partial charge is 0.270 e. The maximum absolute atomic E-state index is 13.2. The van der Waals surface area contributed by atoms with E-state index in [4.69, 9.17) is 4.98 Å². The Morgan fingerprint density at radius 2 is 1.44 bits per heavy atom. The number of hydrogen-bond acceptors (Lipinski definition) is 3. The fourth-order valence-electron chi connectivity index (χ4n) is 4.10. The summed E-state index contributed by atoms with van der Waals surface area (Å²) in [5, 5.41) is 16.9. The quantitative estimate of drug-likeness (QED) is 0.395. The van der Waals surface area contributed by atoms with E-state index in [9.17, 15) is 9.90 Å². The van der Waals surface area contributed by atoms with Crippen molar-refractivity contribution in [3.8, 4) is 11.3 Å². The highest BCUT2D eigenvalue weighted by Crippen LogP contribution is 2.33. The second kappa shape index (κ2) is 8.61. The van der Waals surface area contributed by atoms with E-state index in [0.29, 0.717) is 5.69 Å². The maximum atomic E-state index is 13.2. The minimum atomic E-state index is -0.502. The fourth-order valence-corrected chi connectivity index (χ4v) is 4.10. The van der Waals surface area contributed by atoms with Gasteiger partial charge in [-0.25, -0.2) is 4.98 Å². The number of fused-ring (bicyclic) bond motifs is 2. The van der Waals surface area contributed by atoms with Crippen LogP contribution in [0.25, 0.3) is 32.8 Å². The Morgan fingerprint density at radius 1 is 0.781 bits per heavy atom. The lowest BCUT2D eigenvalue weighted by molar-refractivity contribution is 0.0911. The largest absolute Gasteiger partial charge is 0.394 e. The van der Waals surface area contributed by atoms with E-state index < -0.39 is 6.04 Å². The molecule has 1 amide bonds. The van der Waals surface area contributed by atoms with Crippen LogP contribution in [0.3, 0.4) is 0 Å². The molecule has 5 aromatic rings. The highest BCUT2D eigenvalue weighted by molar-refractivity contribution is 6.06. The summed E-state index contributed by atoms with van der Waals surface area (Å²) >= 11 is 0. The van der Waals surface area contributed by atoms with Gasteiger partial charge in [-0.1, -0.05) is 97.1 Å². The summed E-state index contributed by atoms with van der Waals surface area (Å²) in [6.07, 6.45) is 0. The summed E-state index contributed by atoms with van der Waals surface area (Å²) in [6.45, 7) is -0.195. The van der Waals surface area contributed by atoms with Gasteiger partial charge >= 0.3 is 0 Å². The molecule has 0 aliphatic heterocycles. The average molecular weight is 418 g/mol. The fraction of sp³-hybridized carbons (Fsp3) is 0.0714. The Balaban J connectivity index is 1.62. The van der Waals surface area contributed by atoms with Crippen LogP contribution in [0.2, 0.25) is 0 Å². The highest BCUT2D eigenvalue weighted by Gasteiger charge is 2.18. The van der Waals surface area contributed by atoms with Gasteiger partial charge in [0.15, 0.2) is 0 Å². The third-order valence-electron chi connectivity index (χ3n) is 5.71. The number of hydrogen-bond donors (Lipinski definition) is 2. The van der Waals surface area contributed by atoms with Crippen LogP contribution in [0.5, 0.6) is 0 Å². The van der Waals surface area contributed by atoms with E-state index in [1.54, 1.807) is 6.07 Å². The van der Waals surface area contributed by atoms with Gasteiger partial charge in [-0.3, -0.25) is 4.79 Å². The summed E-state index contributed by atoms with van der Waals surface area (Å²) in [5.74, 6) is -0.319. The molecule has 0 aliphatic rings. The predicted octanol–water partition coefficient (Wildman–Crippen LogP) is 5.52. The van der Waals surface area contributed by atoms with Gasteiger partial charge in [0.05, 0.1) is 18.3 Å². The Hall–Kier alpha value is -4.02. The molecule has 0 aliphatic carbocycles. The standard InChI is InChI=1S/C28H22N2O2/c31-18-26(20-10-2-1-3-11-20)30-28(32)25-17-21-12-5-7-15-23(21)27(29-25)24-16-8-13-19-9-4-6-14-22(19)24/h1-17,26,31H,18H2,(H,30,32)/t26-/m1/s1. The molecule has 1 heterocycles. The van der Waals surface area contributed by atoms with Crippen LogP contribution < -0.4 is 5.32 Å². The summed E-state index contributed by atoms with van der Waals surface area (Å²) in [5.41, 5.74) is 2.92. The van der Waals surface area contributed by atoms with E-state index in [0.717, 1.165) is 38.4 Å². The minimum absolute atomic E-state index is 0.195. The molecule has 0 fully saturated rings. The Morgan fingerprint density at radius 3 is 2.22 bits per heavy atom. The molecule has 0 unspecified atom stereocenters. The number of aliphatic hydroxyl groups excluding tert-OH is 1. The molecule has 0 radical (unpaired) electrons. The van der Waals surface area contributed by atoms with Crippen LogP contribution in [0.1, 0.15) is 22.1 Å². The van der Waals surface area contributed by atoms with Gasteiger partial charge in [-0.2, -0.15) is 0 Å². The zero-order valence-electron chi connectivity index (χ0n) is 17.4. The third kappa shape index (κ3) is 3.72. The second-order valence-corrected chi connectivity index (χ2v) is 7.72. The first kappa shape index (κ1) is 19.9. The van der Waals surface area contributed by atoms with Gasteiger partial charge in [-0.15, -0.1) is 0 Å². The molecule has 4 heteroatoms. The number of nitrogens with zero attached hydrogens (tertiary/aromatic N) is 1. The summed E-state index contributed by atoms with van der Waals surface area (Å²) < 4.78 is 0. The molecule has 4 nitrogen and oxygen atoms in total. The van der Waals surface area contributed by atoms with E-state index >= 15 is 0 Å². The van der Waals surface area contributed by atoms with E-state index in [2.05, 4.69) is 23.5 Å². The van der Waals surface area contributed by atoms with E-state index in [-0.39, 0.29) is 12.5 Å². The number of aromatic nitrogens is 1. The van der Waals surface area contributed by atoms with Crippen LogP contribution in [-0.2, 0) is 0 Å². The summed E-state index contributed by atoms with van der Waals surface area (Å²) in [7, 11) is 0. The van der Waals surface area contributed by atoms with Gasteiger partial charge in [-0.05, 0) is 27.8 Å². The number of carbonyl (C=O) groups is 1. The first-order chi connectivity index (χ1) is 15.7. The lowest BCUT2D eigenvalue weighted by Crippen LogP contribution is -2.31. The zero-order chi connectivity index (χ0) is 21.9. The molecule has 5 rings (SSSR count). The maximum Gasteiger partial charge on any atom is 0.270 e. The van der Waals surface area contributed by atoms with Crippen LogP contribution in [0, 0.1) is 0 Å². The topological polar surface area (TPSA) is 62.2 Å². The number of nitrogens with one attached hydrogen (secondary N) is 1. The Kier molecular flexibility index (Phi) is 5.36. The van der Waals surface area contributed by atoms with Crippen LogP contribution >= 0.6 is 0 Å². The van der Waals surface area contributed by atoms with Crippen molar-refractivity contribution >= 4 is 27.5 Å². The normalized spacial score (nSPS) is 12.0. The molecule has 0 spiro atoms. The number of pyridine rings is 1. The summed E-state index contributed by atoms with van der Waals surface area (Å²) in [4.78, 5) is 18.0. The van der Waals surface area contributed by atoms with Crippen molar-refractivity contribution in [2.45, 2.75) is 6.04 Å². The van der Waals surface area contributed by atoms with Gasteiger partial charge in [0.1, 0.15) is 5.69 Å².